The molecule has 142 valence electrons. The van der Waals surface area contributed by atoms with E-state index in [0.717, 1.165) is 39.0 Å². The van der Waals surface area contributed by atoms with E-state index in [1.807, 2.05) is 24.3 Å². The molecular weight excluding hydrogens is 328 g/mol. The topological polar surface area (TPSA) is 6.48 Å². The van der Waals surface area contributed by atoms with Gasteiger partial charge in [-0.2, -0.15) is 0 Å². The average molecular weight is 361 g/mol. The predicted molar refractivity (Wildman–Crippen MR) is 120 cm³/mol. The van der Waals surface area contributed by atoms with Crippen LogP contribution in [0.25, 0.3) is 0 Å². The van der Waals surface area contributed by atoms with Crippen molar-refractivity contribution in [2.24, 2.45) is 0 Å². The van der Waals surface area contributed by atoms with Gasteiger partial charge in [0.15, 0.2) is 0 Å². The molecule has 2 nitrogen and oxygen atoms in total. The van der Waals surface area contributed by atoms with Gasteiger partial charge in [-0.1, -0.05) is 54.7 Å². The van der Waals surface area contributed by atoms with E-state index >= 15 is 0 Å². The smallest absolute Gasteiger partial charge is 0.0372 e. The molecule has 1 aliphatic rings. The molecule has 0 N–H and O–H groups in total. The normalized spacial score (nSPS) is 15.9. The molecule has 1 aromatic rings. The highest BCUT2D eigenvalue weighted by molar-refractivity contribution is 5.49. The molecule has 0 spiro atoms. The number of allylic oxidation sites excluding steroid dienone is 2. The summed E-state index contributed by atoms with van der Waals surface area (Å²) in [5.41, 5.74) is 3.92. The number of anilines is 1. The van der Waals surface area contributed by atoms with Crippen LogP contribution in [-0.2, 0) is 6.42 Å². The summed E-state index contributed by atoms with van der Waals surface area (Å²) < 4.78 is 0. The lowest BCUT2D eigenvalue weighted by atomic mass is 9.96. The van der Waals surface area contributed by atoms with Gasteiger partial charge < -0.3 is 4.90 Å². The predicted octanol–water partition coefficient (Wildman–Crippen LogP) is 5.34. The lowest BCUT2D eigenvalue weighted by Gasteiger charge is -2.29. The summed E-state index contributed by atoms with van der Waals surface area (Å²) >= 11 is 0. The Balaban J connectivity index is 1.97. The van der Waals surface area contributed by atoms with Gasteiger partial charge in [-0.15, -0.1) is 26.3 Å². The Morgan fingerprint density at radius 2 is 1.44 bits per heavy atom. The molecule has 0 amide bonds. The fraction of sp³-hybridized carbons (Fsp3) is 0.280. The molecule has 0 aromatic heterocycles. The second-order valence-corrected chi connectivity index (χ2v) is 6.80. The van der Waals surface area contributed by atoms with Crippen LogP contribution in [0.1, 0.15) is 12.0 Å². The Bertz CT molecular complexity index is 674. The Kier molecular flexibility index (Phi) is 8.60. The zero-order valence-electron chi connectivity index (χ0n) is 16.4. The molecule has 0 aliphatic heterocycles. The fourth-order valence-corrected chi connectivity index (χ4v) is 3.39. The zero-order valence-corrected chi connectivity index (χ0v) is 16.4. The Hall–Kier alpha value is -2.58. The van der Waals surface area contributed by atoms with Crippen LogP contribution in [0.3, 0.4) is 0 Å². The molecule has 1 atom stereocenters. The monoisotopic (exact) mass is 360 g/mol. The van der Waals surface area contributed by atoms with Crippen LogP contribution in [0, 0.1) is 0 Å². The number of nitrogens with zero attached hydrogens (tertiary/aromatic N) is 2. The molecule has 0 saturated carbocycles. The summed E-state index contributed by atoms with van der Waals surface area (Å²) in [7, 11) is 0. The van der Waals surface area contributed by atoms with E-state index in [-0.39, 0.29) is 0 Å². The third-order valence-electron chi connectivity index (χ3n) is 4.76. The van der Waals surface area contributed by atoms with Crippen LogP contribution in [0.15, 0.2) is 98.7 Å². The van der Waals surface area contributed by atoms with Gasteiger partial charge in [-0.3, -0.25) is 4.90 Å². The molecule has 1 unspecified atom stereocenters. The Labute approximate surface area is 165 Å². The van der Waals surface area contributed by atoms with Crippen molar-refractivity contribution in [2.45, 2.75) is 18.9 Å². The molecule has 27 heavy (non-hydrogen) atoms. The lowest BCUT2D eigenvalue weighted by Crippen LogP contribution is -2.34. The minimum atomic E-state index is 0.429. The van der Waals surface area contributed by atoms with Crippen molar-refractivity contribution in [2.75, 3.05) is 31.1 Å². The van der Waals surface area contributed by atoms with E-state index in [2.05, 4.69) is 78.6 Å². The standard InChI is InChI=1S/C25H32N2/c1-5-17-26(18-6-2)24-13-9-22(10-14-24)21-23-11-15-25(16-12-23)27(19-7-3)20-8-4/h5-15,25H,1-4,16-21H2. The molecule has 2 rings (SSSR count). The highest BCUT2D eigenvalue weighted by atomic mass is 15.1. The highest BCUT2D eigenvalue weighted by Crippen LogP contribution is 2.21. The molecule has 0 heterocycles. The molecule has 0 fully saturated rings. The van der Waals surface area contributed by atoms with Crippen molar-refractivity contribution < 1.29 is 0 Å². The van der Waals surface area contributed by atoms with Crippen LogP contribution in [0.2, 0.25) is 0 Å². The number of hydrogen-bond donors (Lipinski definition) is 0. The minimum Gasteiger partial charge on any atom is -0.364 e. The number of benzene rings is 1. The fourth-order valence-electron chi connectivity index (χ4n) is 3.39. The molecule has 0 radical (unpaired) electrons. The average Bonchev–Trinajstić information content (AvgIpc) is 2.69. The SMILES string of the molecule is C=CCN(CC=C)c1ccc(CC2=CCC(N(CC=C)CC=C)C=C2)cc1. The third kappa shape index (κ3) is 6.26. The van der Waals surface area contributed by atoms with E-state index in [0.29, 0.717) is 6.04 Å². The first-order valence-corrected chi connectivity index (χ1v) is 9.60. The van der Waals surface area contributed by atoms with Gasteiger partial charge >= 0.3 is 0 Å². The maximum atomic E-state index is 3.86. The summed E-state index contributed by atoms with van der Waals surface area (Å²) in [4.78, 5) is 4.63. The summed E-state index contributed by atoms with van der Waals surface area (Å²) in [5.74, 6) is 0. The second-order valence-electron chi connectivity index (χ2n) is 6.80. The molecule has 0 saturated heterocycles. The van der Waals surface area contributed by atoms with Crippen LogP contribution in [0.5, 0.6) is 0 Å². The first-order chi connectivity index (χ1) is 13.2. The van der Waals surface area contributed by atoms with Gasteiger partial charge in [0.2, 0.25) is 0 Å². The third-order valence-corrected chi connectivity index (χ3v) is 4.76. The van der Waals surface area contributed by atoms with Gasteiger partial charge in [0.25, 0.3) is 0 Å². The summed E-state index contributed by atoms with van der Waals surface area (Å²) in [5, 5.41) is 0. The van der Waals surface area contributed by atoms with Crippen molar-refractivity contribution in [1.82, 2.24) is 4.90 Å². The summed E-state index contributed by atoms with van der Waals surface area (Å²) in [6.07, 6.45) is 16.7. The van der Waals surface area contributed by atoms with Gasteiger partial charge in [0.05, 0.1) is 0 Å². The van der Waals surface area contributed by atoms with Crippen molar-refractivity contribution >= 4 is 5.69 Å². The molecule has 2 heteroatoms. The van der Waals surface area contributed by atoms with E-state index in [1.165, 1.54) is 16.8 Å². The molecule has 0 bridgehead atoms. The zero-order chi connectivity index (χ0) is 19.5. The Morgan fingerprint density at radius 1 is 0.852 bits per heavy atom. The van der Waals surface area contributed by atoms with Crippen LogP contribution < -0.4 is 4.90 Å². The van der Waals surface area contributed by atoms with Crippen molar-refractivity contribution in [3.8, 4) is 0 Å². The van der Waals surface area contributed by atoms with Gasteiger partial charge in [0.1, 0.15) is 0 Å². The van der Waals surface area contributed by atoms with Crippen LogP contribution in [0.4, 0.5) is 5.69 Å². The van der Waals surface area contributed by atoms with Crippen molar-refractivity contribution in [3.63, 3.8) is 0 Å². The molecule has 1 aromatic carbocycles. The first-order valence-electron chi connectivity index (χ1n) is 9.60. The van der Waals surface area contributed by atoms with E-state index in [4.69, 9.17) is 0 Å². The van der Waals surface area contributed by atoms with E-state index in [9.17, 15) is 0 Å². The van der Waals surface area contributed by atoms with Gasteiger partial charge in [-0.05, 0) is 36.1 Å². The maximum Gasteiger partial charge on any atom is 0.0372 e. The van der Waals surface area contributed by atoms with Crippen molar-refractivity contribution in [1.29, 1.82) is 0 Å². The number of rotatable bonds is 12. The maximum absolute atomic E-state index is 3.86. The van der Waals surface area contributed by atoms with Crippen molar-refractivity contribution in [3.05, 3.63) is 104 Å². The first kappa shape index (κ1) is 20.7. The van der Waals surface area contributed by atoms with Gasteiger partial charge in [0, 0.05) is 37.9 Å². The second kappa shape index (κ2) is 11.2. The van der Waals surface area contributed by atoms with E-state index in [1.54, 1.807) is 0 Å². The Morgan fingerprint density at radius 3 is 1.93 bits per heavy atom. The lowest BCUT2D eigenvalue weighted by molar-refractivity contribution is 0.280. The summed E-state index contributed by atoms with van der Waals surface area (Å²) in [6.45, 7) is 18.8. The molecular formula is C25H32N2. The largest absolute Gasteiger partial charge is 0.364 e. The van der Waals surface area contributed by atoms with Crippen LogP contribution in [-0.4, -0.2) is 37.1 Å². The van der Waals surface area contributed by atoms with Gasteiger partial charge in [-0.25, -0.2) is 0 Å². The quantitative estimate of drug-likeness (QED) is 0.464. The highest BCUT2D eigenvalue weighted by Gasteiger charge is 2.15. The summed E-state index contributed by atoms with van der Waals surface area (Å²) in [6, 6.07) is 9.24. The molecule has 1 aliphatic carbocycles. The van der Waals surface area contributed by atoms with E-state index < -0.39 is 0 Å². The minimum absolute atomic E-state index is 0.429. The number of hydrogen-bond acceptors (Lipinski definition) is 2. The van der Waals surface area contributed by atoms with Crippen LogP contribution >= 0.6 is 0 Å².